The smallest absolute Gasteiger partial charge is 0.0390 e. The van der Waals surface area contributed by atoms with E-state index in [1.165, 1.54) is 5.06 Å². The van der Waals surface area contributed by atoms with Gasteiger partial charge in [-0.15, -0.1) is 0 Å². The zero-order valence-corrected chi connectivity index (χ0v) is 5.96. The normalized spacial score (nSPS) is 39.0. The molecule has 1 aliphatic rings. The summed E-state index contributed by atoms with van der Waals surface area (Å²) in [7, 11) is 0. The monoisotopic (exact) mass is 130 g/mol. The minimum atomic E-state index is 0.416. The maximum Gasteiger partial charge on any atom is 0.0390 e. The second-order valence-corrected chi connectivity index (χ2v) is 2.84. The molecule has 9 heavy (non-hydrogen) atoms. The summed E-state index contributed by atoms with van der Waals surface area (Å²) < 4.78 is 0. The molecule has 1 fully saturated rings. The Morgan fingerprint density at radius 3 is 2.11 bits per heavy atom. The second-order valence-electron chi connectivity index (χ2n) is 2.84. The van der Waals surface area contributed by atoms with Gasteiger partial charge in [-0.25, -0.2) is 0 Å². The molecule has 2 atom stereocenters. The van der Waals surface area contributed by atoms with E-state index in [-0.39, 0.29) is 0 Å². The highest BCUT2D eigenvalue weighted by atomic mass is 16.5. The van der Waals surface area contributed by atoms with Gasteiger partial charge in [0.25, 0.3) is 0 Å². The quantitative estimate of drug-likeness (QED) is 0.486. The summed E-state index contributed by atoms with van der Waals surface area (Å²) in [6.45, 7) is 5.62. The Morgan fingerprint density at radius 2 is 1.78 bits per heavy atom. The van der Waals surface area contributed by atoms with Crippen LogP contribution in [0.2, 0.25) is 0 Å². The Hall–Kier alpha value is -0.120. The molecule has 0 amide bonds. The topological polar surface area (TPSA) is 35.5 Å². The van der Waals surface area contributed by atoms with E-state index in [0.717, 1.165) is 13.1 Å². The first kappa shape index (κ1) is 6.99. The van der Waals surface area contributed by atoms with E-state index in [2.05, 4.69) is 19.2 Å². The zero-order chi connectivity index (χ0) is 6.85. The van der Waals surface area contributed by atoms with Gasteiger partial charge in [0.2, 0.25) is 0 Å². The summed E-state index contributed by atoms with van der Waals surface area (Å²) in [5.41, 5.74) is 0. The third-order valence-corrected chi connectivity index (χ3v) is 1.54. The van der Waals surface area contributed by atoms with Crippen molar-refractivity contribution in [1.29, 1.82) is 0 Å². The Kier molecular flexibility index (Phi) is 2.05. The van der Waals surface area contributed by atoms with Crippen molar-refractivity contribution in [2.45, 2.75) is 25.9 Å². The van der Waals surface area contributed by atoms with Crippen molar-refractivity contribution in [2.75, 3.05) is 13.1 Å². The van der Waals surface area contributed by atoms with Crippen molar-refractivity contribution >= 4 is 0 Å². The van der Waals surface area contributed by atoms with Gasteiger partial charge in [0, 0.05) is 25.2 Å². The Bertz CT molecular complexity index is 72.0. The van der Waals surface area contributed by atoms with Gasteiger partial charge in [-0.1, -0.05) is 0 Å². The maximum atomic E-state index is 9.04. The average Bonchev–Trinajstić information content (AvgIpc) is 1.59. The highest BCUT2D eigenvalue weighted by Crippen LogP contribution is 1.99. The lowest BCUT2D eigenvalue weighted by Gasteiger charge is -2.31. The minimum absolute atomic E-state index is 0.416. The van der Waals surface area contributed by atoms with Gasteiger partial charge in [-0.3, -0.25) is 0 Å². The second kappa shape index (κ2) is 2.64. The van der Waals surface area contributed by atoms with Crippen LogP contribution >= 0.6 is 0 Å². The summed E-state index contributed by atoms with van der Waals surface area (Å²) in [6.07, 6.45) is 0. The van der Waals surface area contributed by atoms with Crippen LogP contribution in [-0.2, 0) is 0 Å². The van der Waals surface area contributed by atoms with Crippen molar-refractivity contribution in [2.24, 2.45) is 0 Å². The minimum Gasteiger partial charge on any atom is -0.314 e. The standard InChI is InChI=1S/C6H14N2O/c1-5-3-8(9)4-6(2)7-5/h5-7,9H,3-4H2,1-2H3. The molecule has 0 saturated carbocycles. The van der Waals surface area contributed by atoms with E-state index in [1.54, 1.807) is 0 Å². The number of nitrogens with zero attached hydrogens (tertiary/aromatic N) is 1. The van der Waals surface area contributed by atoms with E-state index in [4.69, 9.17) is 5.21 Å². The molecule has 0 spiro atoms. The largest absolute Gasteiger partial charge is 0.314 e. The highest BCUT2D eigenvalue weighted by Gasteiger charge is 2.18. The maximum absolute atomic E-state index is 9.04. The van der Waals surface area contributed by atoms with Gasteiger partial charge in [-0.2, -0.15) is 5.06 Å². The SMILES string of the molecule is CC1CN(O)CC(C)N1. The lowest BCUT2D eigenvalue weighted by atomic mass is 10.2. The van der Waals surface area contributed by atoms with E-state index in [1.807, 2.05) is 0 Å². The fourth-order valence-corrected chi connectivity index (χ4v) is 1.30. The number of hydroxylamine groups is 2. The molecule has 1 saturated heterocycles. The molecule has 1 rings (SSSR count). The predicted octanol–water partition coefficient (Wildman–Crippen LogP) is 0.0578. The molecule has 0 aromatic carbocycles. The molecule has 2 unspecified atom stereocenters. The Morgan fingerprint density at radius 1 is 1.33 bits per heavy atom. The predicted molar refractivity (Wildman–Crippen MR) is 35.4 cm³/mol. The molecule has 0 aromatic heterocycles. The molecule has 3 heteroatoms. The van der Waals surface area contributed by atoms with Gasteiger partial charge >= 0.3 is 0 Å². The van der Waals surface area contributed by atoms with Crippen LogP contribution in [0.1, 0.15) is 13.8 Å². The first-order chi connectivity index (χ1) is 4.18. The Labute approximate surface area is 55.6 Å². The first-order valence-electron chi connectivity index (χ1n) is 3.38. The molecule has 2 N–H and O–H groups in total. The number of hydrogen-bond donors (Lipinski definition) is 2. The summed E-state index contributed by atoms with van der Waals surface area (Å²) in [6, 6.07) is 0.831. The van der Waals surface area contributed by atoms with E-state index in [9.17, 15) is 0 Å². The third kappa shape index (κ3) is 1.93. The molecule has 0 radical (unpaired) electrons. The zero-order valence-electron chi connectivity index (χ0n) is 5.96. The summed E-state index contributed by atoms with van der Waals surface area (Å²) >= 11 is 0. The molecule has 3 nitrogen and oxygen atoms in total. The van der Waals surface area contributed by atoms with Crippen LogP contribution in [0.25, 0.3) is 0 Å². The molecule has 0 bridgehead atoms. The molecular formula is C6H14N2O. The van der Waals surface area contributed by atoms with Crippen LogP contribution in [0.5, 0.6) is 0 Å². The van der Waals surface area contributed by atoms with Crippen molar-refractivity contribution in [3.8, 4) is 0 Å². The fourth-order valence-electron chi connectivity index (χ4n) is 1.30. The van der Waals surface area contributed by atoms with Crippen LogP contribution in [0.3, 0.4) is 0 Å². The van der Waals surface area contributed by atoms with Crippen molar-refractivity contribution in [1.82, 2.24) is 10.4 Å². The van der Waals surface area contributed by atoms with Crippen LogP contribution in [0, 0.1) is 0 Å². The van der Waals surface area contributed by atoms with Crippen molar-refractivity contribution in [3.63, 3.8) is 0 Å². The van der Waals surface area contributed by atoms with Crippen LogP contribution in [0.15, 0.2) is 0 Å². The van der Waals surface area contributed by atoms with Crippen molar-refractivity contribution < 1.29 is 5.21 Å². The van der Waals surface area contributed by atoms with E-state index >= 15 is 0 Å². The number of piperazine rings is 1. The highest BCUT2D eigenvalue weighted by molar-refractivity contribution is 4.76. The lowest BCUT2D eigenvalue weighted by Crippen LogP contribution is -2.52. The average molecular weight is 130 g/mol. The molecule has 0 aliphatic carbocycles. The molecule has 1 heterocycles. The van der Waals surface area contributed by atoms with Crippen molar-refractivity contribution in [3.05, 3.63) is 0 Å². The van der Waals surface area contributed by atoms with Gasteiger partial charge in [0.1, 0.15) is 0 Å². The Balaban J connectivity index is 2.34. The van der Waals surface area contributed by atoms with Gasteiger partial charge in [0.15, 0.2) is 0 Å². The van der Waals surface area contributed by atoms with E-state index < -0.39 is 0 Å². The summed E-state index contributed by atoms with van der Waals surface area (Å²) in [4.78, 5) is 0. The molecular weight excluding hydrogens is 116 g/mol. The fraction of sp³-hybridized carbons (Fsp3) is 1.00. The number of nitrogens with one attached hydrogen (secondary N) is 1. The molecule has 54 valence electrons. The first-order valence-corrected chi connectivity index (χ1v) is 3.38. The summed E-state index contributed by atoms with van der Waals surface area (Å²) in [5.74, 6) is 0. The van der Waals surface area contributed by atoms with Crippen LogP contribution in [-0.4, -0.2) is 35.4 Å². The van der Waals surface area contributed by atoms with Crippen LogP contribution in [0.4, 0.5) is 0 Å². The van der Waals surface area contributed by atoms with Gasteiger partial charge in [0.05, 0.1) is 0 Å². The number of rotatable bonds is 0. The molecule has 1 aliphatic heterocycles. The number of hydrogen-bond acceptors (Lipinski definition) is 3. The van der Waals surface area contributed by atoms with E-state index in [0.29, 0.717) is 12.1 Å². The third-order valence-electron chi connectivity index (χ3n) is 1.54. The van der Waals surface area contributed by atoms with Crippen LogP contribution < -0.4 is 5.32 Å². The molecule has 0 aromatic rings. The lowest BCUT2D eigenvalue weighted by molar-refractivity contribution is -0.116. The summed E-state index contributed by atoms with van der Waals surface area (Å²) in [5, 5.41) is 13.7. The van der Waals surface area contributed by atoms with Gasteiger partial charge in [-0.05, 0) is 13.8 Å². The van der Waals surface area contributed by atoms with Gasteiger partial charge < -0.3 is 10.5 Å².